The number of nitriles is 1. The maximum Gasteiger partial charge on any atom is 0.222 e. The second kappa shape index (κ2) is 4.73. The number of piperidine rings is 1. The summed E-state index contributed by atoms with van der Waals surface area (Å²) in [5.74, 6) is 0.102. The van der Waals surface area contributed by atoms with E-state index in [1.165, 1.54) is 0 Å². The smallest absolute Gasteiger partial charge is 0.222 e. The van der Waals surface area contributed by atoms with Gasteiger partial charge in [0.05, 0.1) is 29.3 Å². The van der Waals surface area contributed by atoms with Gasteiger partial charge in [-0.25, -0.2) is 4.98 Å². The van der Waals surface area contributed by atoms with E-state index in [1.807, 2.05) is 18.2 Å². The molecule has 1 aromatic carbocycles. The van der Waals surface area contributed by atoms with Crippen LogP contribution in [0.4, 0.5) is 0 Å². The van der Waals surface area contributed by atoms with Crippen molar-refractivity contribution in [1.29, 1.82) is 5.26 Å². The SMILES string of the molecule is N#CC1CCC(=O)N(Cc2ccc3nc[nH]c3c2)C1. The Kier molecular flexibility index (Phi) is 2.92. The summed E-state index contributed by atoms with van der Waals surface area (Å²) in [6.45, 7) is 1.10. The molecule has 0 spiro atoms. The number of hydrogen-bond acceptors (Lipinski definition) is 3. The van der Waals surface area contributed by atoms with E-state index in [4.69, 9.17) is 5.26 Å². The van der Waals surface area contributed by atoms with Crippen molar-refractivity contribution in [2.75, 3.05) is 6.54 Å². The summed E-state index contributed by atoms with van der Waals surface area (Å²) >= 11 is 0. The highest BCUT2D eigenvalue weighted by atomic mass is 16.2. The molecule has 1 atom stereocenters. The molecule has 0 bridgehead atoms. The monoisotopic (exact) mass is 254 g/mol. The summed E-state index contributed by atoms with van der Waals surface area (Å²) in [6.07, 6.45) is 2.82. The Bertz CT molecular complexity index is 655. The summed E-state index contributed by atoms with van der Waals surface area (Å²) in [7, 11) is 0. The summed E-state index contributed by atoms with van der Waals surface area (Å²) in [4.78, 5) is 20.9. The summed E-state index contributed by atoms with van der Waals surface area (Å²) in [5, 5.41) is 8.97. The van der Waals surface area contributed by atoms with Crippen LogP contribution in [0.1, 0.15) is 18.4 Å². The summed E-state index contributed by atoms with van der Waals surface area (Å²) < 4.78 is 0. The van der Waals surface area contributed by atoms with Gasteiger partial charge in [-0.2, -0.15) is 5.26 Å². The van der Waals surface area contributed by atoms with E-state index in [9.17, 15) is 4.79 Å². The van der Waals surface area contributed by atoms with Crippen LogP contribution in [0.3, 0.4) is 0 Å². The van der Waals surface area contributed by atoms with Crippen LogP contribution in [0.25, 0.3) is 11.0 Å². The molecule has 1 aliphatic heterocycles. The Morgan fingerprint density at radius 2 is 2.42 bits per heavy atom. The maximum atomic E-state index is 11.9. The van der Waals surface area contributed by atoms with Gasteiger partial charge in [0.15, 0.2) is 0 Å². The predicted molar refractivity (Wildman–Crippen MR) is 69.8 cm³/mol. The lowest BCUT2D eigenvalue weighted by atomic mass is 9.98. The lowest BCUT2D eigenvalue weighted by Gasteiger charge is -2.29. The van der Waals surface area contributed by atoms with Gasteiger partial charge in [0.25, 0.3) is 0 Å². The number of imidazole rings is 1. The zero-order valence-corrected chi connectivity index (χ0v) is 10.5. The average molecular weight is 254 g/mol. The second-order valence-electron chi connectivity index (χ2n) is 4.89. The van der Waals surface area contributed by atoms with Gasteiger partial charge in [-0.15, -0.1) is 0 Å². The van der Waals surface area contributed by atoms with Gasteiger partial charge < -0.3 is 9.88 Å². The molecule has 1 aromatic heterocycles. The van der Waals surface area contributed by atoms with Crippen molar-refractivity contribution in [2.24, 2.45) is 5.92 Å². The molecule has 1 amide bonds. The number of fused-ring (bicyclic) bond motifs is 1. The number of aromatic nitrogens is 2. The van der Waals surface area contributed by atoms with Crippen LogP contribution in [0, 0.1) is 17.2 Å². The number of nitrogens with zero attached hydrogens (tertiary/aromatic N) is 3. The van der Waals surface area contributed by atoms with Crippen molar-refractivity contribution in [2.45, 2.75) is 19.4 Å². The number of nitrogens with one attached hydrogen (secondary N) is 1. The molecule has 96 valence electrons. The molecule has 0 radical (unpaired) electrons. The van der Waals surface area contributed by atoms with Gasteiger partial charge in [0.2, 0.25) is 5.91 Å². The van der Waals surface area contributed by atoms with Crippen molar-refractivity contribution in [1.82, 2.24) is 14.9 Å². The highest BCUT2D eigenvalue weighted by molar-refractivity contribution is 5.78. The van der Waals surface area contributed by atoms with E-state index in [0.29, 0.717) is 25.9 Å². The van der Waals surface area contributed by atoms with Gasteiger partial charge in [0.1, 0.15) is 0 Å². The van der Waals surface area contributed by atoms with Crippen molar-refractivity contribution < 1.29 is 4.79 Å². The molecular weight excluding hydrogens is 240 g/mol. The molecule has 1 aliphatic rings. The van der Waals surface area contributed by atoms with E-state index in [1.54, 1.807) is 11.2 Å². The average Bonchev–Trinajstić information content (AvgIpc) is 2.89. The first-order chi connectivity index (χ1) is 9.26. The van der Waals surface area contributed by atoms with Gasteiger partial charge in [-0.1, -0.05) is 6.07 Å². The number of H-pyrrole nitrogens is 1. The molecule has 1 fully saturated rings. The van der Waals surface area contributed by atoms with E-state index in [0.717, 1.165) is 16.6 Å². The normalized spacial score (nSPS) is 19.6. The summed E-state index contributed by atoms with van der Waals surface area (Å²) in [5.41, 5.74) is 2.95. The van der Waals surface area contributed by atoms with Gasteiger partial charge >= 0.3 is 0 Å². The quantitative estimate of drug-likeness (QED) is 0.888. The molecule has 5 heteroatoms. The molecule has 1 saturated heterocycles. The molecule has 1 unspecified atom stereocenters. The Hall–Kier alpha value is -2.35. The Morgan fingerprint density at radius 3 is 3.26 bits per heavy atom. The number of likely N-dealkylation sites (tertiary alicyclic amines) is 1. The Balaban J connectivity index is 1.79. The van der Waals surface area contributed by atoms with Crippen molar-refractivity contribution in [3.63, 3.8) is 0 Å². The number of carbonyl (C=O) groups excluding carboxylic acids is 1. The molecule has 3 rings (SSSR count). The van der Waals surface area contributed by atoms with E-state index in [2.05, 4.69) is 16.0 Å². The number of aromatic amines is 1. The maximum absolute atomic E-state index is 11.9. The van der Waals surface area contributed by atoms with Crippen LogP contribution in [-0.2, 0) is 11.3 Å². The highest BCUT2D eigenvalue weighted by Crippen LogP contribution is 2.20. The first-order valence-corrected chi connectivity index (χ1v) is 6.35. The minimum atomic E-state index is -0.0337. The van der Waals surface area contributed by atoms with Crippen molar-refractivity contribution in [3.8, 4) is 6.07 Å². The van der Waals surface area contributed by atoms with E-state index >= 15 is 0 Å². The van der Waals surface area contributed by atoms with Gasteiger partial charge in [-0.3, -0.25) is 4.79 Å². The zero-order valence-electron chi connectivity index (χ0n) is 10.5. The van der Waals surface area contributed by atoms with Crippen LogP contribution in [0.2, 0.25) is 0 Å². The number of amides is 1. The topological polar surface area (TPSA) is 72.8 Å². The van der Waals surface area contributed by atoms with Crippen molar-refractivity contribution >= 4 is 16.9 Å². The minimum Gasteiger partial charge on any atom is -0.345 e. The standard InChI is InChI=1S/C14H14N4O/c15-6-11-2-4-14(19)18(8-11)7-10-1-3-12-13(5-10)17-9-16-12/h1,3,5,9,11H,2,4,7-8H2,(H,16,17). The molecule has 2 heterocycles. The molecule has 0 saturated carbocycles. The van der Waals surface area contributed by atoms with Crippen LogP contribution >= 0.6 is 0 Å². The minimum absolute atomic E-state index is 0.0337. The molecule has 5 nitrogen and oxygen atoms in total. The van der Waals surface area contributed by atoms with Gasteiger partial charge in [-0.05, 0) is 24.1 Å². The number of carbonyl (C=O) groups is 1. The predicted octanol–water partition coefficient (Wildman–Crippen LogP) is 1.83. The fraction of sp³-hybridized carbons (Fsp3) is 0.357. The summed E-state index contributed by atoms with van der Waals surface area (Å²) in [6, 6.07) is 8.18. The number of rotatable bonds is 2. The third-order valence-corrected chi connectivity index (χ3v) is 3.54. The molecular formula is C14H14N4O. The first kappa shape index (κ1) is 11.7. The molecule has 19 heavy (non-hydrogen) atoms. The van der Waals surface area contributed by atoms with Crippen LogP contribution in [0.5, 0.6) is 0 Å². The third-order valence-electron chi connectivity index (χ3n) is 3.54. The number of hydrogen-bond donors (Lipinski definition) is 1. The molecule has 2 aromatic rings. The largest absolute Gasteiger partial charge is 0.345 e. The lowest BCUT2D eigenvalue weighted by Crippen LogP contribution is -2.38. The third kappa shape index (κ3) is 2.29. The Labute approximate surface area is 110 Å². The van der Waals surface area contributed by atoms with Crippen LogP contribution in [-0.4, -0.2) is 27.3 Å². The molecule has 0 aliphatic carbocycles. The zero-order chi connectivity index (χ0) is 13.2. The Morgan fingerprint density at radius 1 is 1.53 bits per heavy atom. The van der Waals surface area contributed by atoms with Gasteiger partial charge in [0, 0.05) is 19.5 Å². The molecule has 1 N–H and O–H groups in total. The van der Waals surface area contributed by atoms with Crippen molar-refractivity contribution in [3.05, 3.63) is 30.1 Å². The lowest BCUT2D eigenvalue weighted by molar-refractivity contribution is -0.134. The second-order valence-corrected chi connectivity index (χ2v) is 4.89. The number of benzene rings is 1. The highest BCUT2D eigenvalue weighted by Gasteiger charge is 2.25. The van der Waals surface area contributed by atoms with Crippen LogP contribution in [0.15, 0.2) is 24.5 Å². The first-order valence-electron chi connectivity index (χ1n) is 6.35. The fourth-order valence-electron chi connectivity index (χ4n) is 2.47. The van der Waals surface area contributed by atoms with E-state index < -0.39 is 0 Å². The fourth-order valence-corrected chi connectivity index (χ4v) is 2.47. The van der Waals surface area contributed by atoms with Crippen LogP contribution < -0.4 is 0 Å². The van der Waals surface area contributed by atoms with E-state index in [-0.39, 0.29) is 11.8 Å².